The van der Waals surface area contributed by atoms with Gasteiger partial charge in [-0.15, -0.1) is 12.4 Å². The van der Waals surface area contributed by atoms with Crippen LogP contribution in [0.3, 0.4) is 0 Å². The summed E-state index contributed by atoms with van der Waals surface area (Å²) in [5.74, 6) is -1.09. The number of nitrogens with zero attached hydrogens (tertiary/aromatic N) is 1. The van der Waals surface area contributed by atoms with Gasteiger partial charge in [-0.2, -0.15) is 0 Å². The van der Waals surface area contributed by atoms with E-state index in [0.29, 0.717) is 6.54 Å². The van der Waals surface area contributed by atoms with Gasteiger partial charge in [0.2, 0.25) is 0 Å². The lowest BCUT2D eigenvalue weighted by Gasteiger charge is -2.30. The summed E-state index contributed by atoms with van der Waals surface area (Å²) in [6, 6.07) is 1.14. The van der Waals surface area contributed by atoms with Gasteiger partial charge in [0, 0.05) is 18.8 Å². The average Bonchev–Trinajstić information content (AvgIpc) is 2.24. The molecule has 0 aromatic carbocycles. The molecule has 0 saturated heterocycles. The summed E-state index contributed by atoms with van der Waals surface area (Å²) >= 11 is 0. The molecular formula is C12H19ClFN3O. The zero-order valence-electron chi connectivity index (χ0n) is 10.7. The van der Waals surface area contributed by atoms with Crippen LogP contribution in [-0.2, 0) is 0 Å². The molecule has 0 spiro atoms. The highest BCUT2D eigenvalue weighted by molar-refractivity contribution is 5.94. The summed E-state index contributed by atoms with van der Waals surface area (Å²) in [4.78, 5) is 15.4. The number of pyridine rings is 1. The second-order valence-electron chi connectivity index (χ2n) is 4.98. The predicted molar refractivity (Wildman–Crippen MR) is 71.2 cm³/mol. The molecule has 0 bridgehead atoms. The van der Waals surface area contributed by atoms with Crippen molar-refractivity contribution in [2.24, 2.45) is 11.1 Å². The zero-order chi connectivity index (χ0) is 13.1. The average molecular weight is 276 g/mol. The fourth-order valence-electron chi connectivity index (χ4n) is 1.42. The Kier molecular flexibility index (Phi) is 6.21. The van der Waals surface area contributed by atoms with Gasteiger partial charge in [0.25, 0.3) is 5.91 Å². The van der Waals surface area contributed by atoms with Gasteiger partial charge < -0.3 is 11.1 Å². The van der Waals surface area contributed by atoms with Crippen LogP contribution in [-0.4, -0.2) is 23.5 Å². The Morgan fingerprint density at radius 2 is 2.17 bits per heavy atom. The van der Waals surface area contributed by atoms with Crippen molar-refractivity contribution in [3.63, 3.8) is 0 Å². The molecule has 0 radical (unpaired) electrons. The first-order chi connectivity index (χ1) is 7.86. The number of rotatable bonds is 3. The van der Waals surface area contributed by atoms with Gasteiger partial charge in [-0.3, -0.25) is 9.78 Å². The molecule has 18 heavy (non-hydrogen) atoms. The van der Waals surface area contributed by atoms with Crippen LogP contribution in [0, 0.1) is 11.2 Å². The fraction of sp³-hybridized carbons (Fsp3) is 0.500. The summed E-state index contributed by atoms with van der Waals surface area (Å²) in [6.45, 7) is 6.21. The second-order valence-corrected chi connectivity index (χ2v) is 4.98. The number of halogens is 2. The van der Waals surface area contributed by atoms with E-state index in [1.807, 2.05) is 20.8 Å². The molecule has 1 amide bonds. The van der Waals surface area contributed by atoms with E-state index in [1.54, 1.807) is 0 Å². The van der Waals surface area contributed by atoms with Crippen LogP contribution in [0.2, 0.25) is 0 Å². The topological polar surface area (TPSA) is 68.0 Å². The van der Waals surface area contributed by atoms with Crippen molar-refractivity contribution in [3.8, 4) is 0 Å². The molecular weight excluding hydrogens is 257 g/mol. The molecule has 102 valence electrons. The van der Waals surface area contributed by atoms with E-state index >= 15 is 0 Å². The molecule has 3 N–H and O–H groups in total. The lowest BCUT2D eigenvalue weighted by molar-refractivity contribution is 0.0901. The molecule has 0 aliphatic rings. The number of hydrogen-bond acceptors (Lipinski definition) is 3. The van der Waals surface area contributed by atoms with Crippen LogP contribution in [0.4, 0.5) is 4.39 Å². The normalized spacial score (nSPS) is 12.5. The van der Waals surface area contributed by atoms with E-state index < -0.39 is 11.7 Å². The highest BCUT2D eigenvalue weighted by atomic mass is 35.5. The van der Waals surface area contributed by atoms with E-state index in [0.717, 1.165) is 6.20 Å². The second kappa shape index (κ2) is 6.66. The zero-order valence-corrected chi connectivity index (χ0v) is 11.6. The molecule has 1 aromatic rings. The highest BCUT2D eigenvalue weighted by Gasteiger charge is 2.26. The number of aromatic nitrogens is 1. The Labute approximate surface area is 113 Å². The molecule has 6 heteroatoms. The number of amides is 1. The standard InChI is InChI=1S/C12H18FN3O.ClH/c1-12(2,3)10(6-14)16-11(17)8-4-5-15-7-9(8)13;/h4-5,7,10H,6,14H2,1-3H3,(H,16,17);1H. The van der Waals surface area contributed by atoms with Gasteiger partial charge in [-0.05, 0) is 11.5 Å². The monoisotopic (exact) mass is 275 g/mol. The van der Waals surface area contributed by atoms with Gasteiger partial charge in [-0.25, -0.2) is 4.39 Å². The first kappa shape index (κ1) is 16.8. The van der Waals surface area contributed by atoms with Crippen molar-refractivity contribution >= 4 is 18.3 Å². The minimum atomic E-state index is -0.630. The third-order valence-electron chi connectivity index (χ3n) is 2.60. The van der Waals surface area contributed by atoms with E-state index in [2.05, 4.69) is 10.3 Å². The van der Waals surface area contributed by atoms with Crippen LogP contribution < -0.4 is 11.1 Å². The first-order valence-electron chi connectivity index (χ1n) is 5.46. The number of carbonyl (C=O) groups is 1. The maximum atomic E-state index is 13.3. The Morgan fingerprint density at radius 1 is 1.56 bits per heavy atom. The van der Waals surface area contributed by atoms with Crippen molar-refractivity contribution < 1.29 is 9.18 Å². The number of nitrogens with one attached hydrogen (secondary N) is 1. The molecule has 1 aromatic heterocycles. The molecule has 1 atom stereocenters. The van der Waals surface area contributed by atoms with Gasteiger partial charge in [-0.1, -0.05) is 20.8 Å². The van der Waals surface area contributed by atoms with Crippen molar-refractivity contribution in [1.29, 1.82) is 0 Å². The minimum Gasteiger partial charge on any atom is -0.347 e. The molecule has 0 aliphatic heterocycles. The van der Waals surface area contributed by atoms with Crippen LogP contribution in [0.15, 0.2) is 18.5 Å². The highest BCUT2D eigenvalue weighted by Crippen LogP contribution is 2.19. The number of nitrogens with two attached hydrogens (primary N) is 1. The summed E-state index contributed by atoms with van der Waals surface area (Å²) < 4.78 is 13.3. The largest absolute Gasteiger partial charge is 0.347 e. The number of hydrogen-bond donors (Lipinski definition) is 2. The van der Waals surface area contributed by atoms with Crippen molar-refractivity contribution in [2.75, 3.05) is 6.54 Å². The van der Waals surface area contributed by atoms with Crippen molar-refractivity contribution in [3.05, 3.63) is 29.8 Å². The lowest BCUT2D eigenvalue weighted by atomic mass is 9.86. The van der Waals surface area contributed by atoms with Crippen LogP contribution in [0.25, 0.3) is 0 Å². The van der Waals surface area contributed by atoms with E-state index in [-0.39, 0.29) is 29.4 Å². The van der Waals surface area contributed by atoms with Crippen LogP contribution >= 0.6 is 12.4 Å². The van der Waals surface area contributed by atoms with E-state index in [1.165, 1.54) is 12.3 Å². The van der Waals surface area contributed by atoms with E-state index in [9.17, 15) is 9.18 Å². The Hall–Kier alpha value is -1.20. The first-order valence-corrected chi connectivity index (χ1v) is 5.46. The fourth-order valence-corrected chi connectivity index (χ4v) is 1.42. The quantitative estimate of drug-likeness (QED) is 0.883. The third kappa shape index (κ3) is 4.23. The minimum absolute atomic E-state index is 0. The molecule has 0 fully saturated rings. The molecule has 1 rings (SSSR count). The van der Waals surface area contributed by atoms with Crippen molar-refractivity contribution in [1.82, 2.24) is 10.3 Å². The summed E-state index contributed by atoms with van der Waals surface area (Å²) in [5, 5.41) is 2.73. The lowest BCUT2D eigenvalue weighted by Crippen LogP contribution is -2.48. The maximum absolute atomic E-state index is 13.3. The van der Waals surface area contributed by atoms with Crippen LogP contribution in [0.5, 0.6) is 0 Å². The van der Waals surface area contributed by atoms with E-state index in [4.69, 9.17) is 5.73 Å². The maximum Gasteiger partial charge on any atom is 0.254 e. The molecule has 0 saturated carbocycles. The predicted octanol–water partition coefficient (Wildman–Crippen LogP) is 1.75. The molecule has 0 aliphatic carbocycles. The van der Waals surface area contributed by atoms with Gasteiger partial charge in [0.1, 0.15) is 0 Å². The SMILES string of the molecule is CC(C)(C)C(CN)NC(=O)c1ccncc1F.Cl. The van der Waals surface area contributed by atoms with Gasteiger partial charge in [0.15, 0.2) is 5.82 Å². The van der Waals surface area contributed by atoms with Gasteiger partial charge in [0.05, 0.1) is 11.8 Å². The Balaban J connectivity index is 0.00000289. The third-order valence-corrected chi connectivity index (χ3v) is 2.60. The Bertz CT molecular complexity index is 407. The summed E-state index contributed by atoms with van der Waals surface area (Å²) in [5.41, 5.74) is 5.42. The van der Waals surface area contributed by atoms with Crippen LogP contribution in [0.1, 0.15) is 31.1 Å². The molecule has 1 heterocycles. The Morgan fingerprint density at radius 3 is 2.61 bits per heavy atom. The molecule has 4 nitrogen and oxygen atoms in total. The van der Waals surface area contributed by atoms with Gasteiger partial charge >= 0.3 is 0 Å². The summed E-state index contributed by atoms with van der Waals surface area (Å²) in [6.07, 6.45) is 2.40. The number of carbonyl (C=O) groups excluding carboxylic acids is 1. The summed E-state index contributed by atoms with van der Waals surface area (Å²) in [7, 11) is 0. The van der Waals surface area contributed by atoms with Crippen molar-refractivity contribution in [2.45, 2.75) is 26.8 Å². The smallest absolute Gasteiger partial charge is 0.254 e. The molecule has 1 unspecified atom stereocenters.